The second-order valence-corrected chi connectivity index (χ2v) is 4.48. The molecule has 0 aliphatic carbocycles. The largest absolute Gasteiger partial charge is 0.323 e. The third-order valence-corrected chi connectivity index (χ3v) is 3.09. The van der Waals surface area contributed by atoms with E-state index in [4.69, 9.17) is 17.3 Å². The molecule has 2 rings (SSSR count). The summed E-state index contributed by atoms with van der Waals surface area (Å²) in [6, 6.07) is -0.118. The van der Waals surface area contributed by atoms with Gasteiger partial charge in [-0.2, -0.15) is 5.10 Å². The number of nitrogens with zero attached hydrogens (tertiary/aromatic N) is 5. The van der Waals surface area contributed by atoms with E-state index >= 15 is 0 Å². The van der Waals surface area contributed by atoms with Crippen LogP contribution in [0.15, 0.2) is 6.20 Å². The van der Waals surface area contributed by atoms with Crippen LogP contribution in [-0.2, 0) is 13.6 Å². The Morgan fingerprint density at radius 1 is 1.53 bits per heavy atom. The van der Waals surface area contributed by atoms with Gasteiger partial charge in [-0.15, -0.1) is 5.10 Å². The van der Waals surface area contributed by atoms with Crippen LogP contribution in [0.2, 0.25) is 5.02 Å². The number of hydrogen-bond donors (Lipinski definition) is 1. The van der Waals surface area contributed by atoms with E-state index in [-0.39, 0.29) is 6.04 Å². The number of halogens is 1. The van der Waals surface area contributed by atoms with Crippen LogP contribution in [0.3, 0.4) is 0 Å². The van der Waals surface area contributed by atoms with Gasteiger partial charge in [-0.25, -0.2) is 4.68 Å². The lowest BCUT2D eigenvalue weighted by Gasteiger charge is -2.02. The predicted octanol–water partition coefficient (Wildman–Crippen LogP) is 1.04. The zero-order valence-electron chi connectivity index (χ0n) is 10.1. The third-order valence-electron chi connectivity index (χ3n) is 2.60. The first-order chi connectivity index (χ1) is 7.99. The molecule has 2 heterocycles. The molecular formula is C10H15ClN6. The average molecular weight is 255 g/mol. The summed E-state index contributed by atoms with van der Waals surface area (Å²) in [5, 5.41) is 12.9. The highest BCUT2D eigenvalue weighted by molar-refractivity contribution is 6.31. The summed E-state index contributed by atoms with van der Waals surface area (Å²) in [5.41, 5.74) is 8.21. The molecule has 0 saturated carbocycles. The second-order valence-electron chi connectivity index (χ2n) is 4.10. The normalized spacial score (nSPS) is 13.0. The molecule has 2 aromatic heterocycles. The van der Waals surface area contributed by atoms with Gasteiger partial charge in [0.05, 0.1) is 34.8 Å². The van der Waals surface area contributed by atoms with Crippen molar-refractivity contribution >= 4 is 11.6 Å². The molecule has 1 unspecified atom stereocenters. The van der Waals surface area contributed by atoms with Crippen molar-refractivity contribution < 1.29 is 0 Å². The van der Waals surface area contributed by atoms with Crippen LogP contribution in [0.4, 0.5) is 0 Å². The fourth-order valence-electron chi connectivity index (χ4n) is 1.60. The van der Waals surface area contributed by atoms with E-state index in [1.165, 1.54) is 0 Å². The topological polar surface area (TPSA) is 74.5 Å². The van der Waals surface area contributed by atoms with Gasteiger partial charge in [0.1, 0.15) is 0 Å². The molecule has 0 radical (unpaired) electrons. The van der Waals surface area contributed by atoms with Gasteiger partial charge in [0.15, 0.2) is 0 Å². The van der Waals surface area contributed by atoms with Crippen LogP contribution in [0.1, 0.15) is 30.0 Å². The highest BCUT2D eigenvalue weighted by Crippen LogP contribution is 2.20. The number of nitrogens with two attached hydrogens (primary N) is 1. The number of aryl methyl sites for hydroxylation is 2. The second kappa shape index (κ2) is 4.46. The van der Waals surface area contributed by atoms with Crippen LogP contribution in [0.5, 0.6) is 0 Å². The zero-order chi connectivity index (χ0) is 12.6. The molecule has 6 nitrogen and oxygen atoms in total. The van der Waals surface area contributed by atoms with E-state index in [9.17, 15) is 0 Å². The van der Waals surface area contributed by atoms with Gasteiger partial charge in [0.25, 0.3) is 0 Å². The lowest BCUT2D eigenvalue weighted by atomic mass is 10.3. The van der Waals surface area contributed by atoms with Crippen LogP contribution in [-0.4, -0.2) is 24.8 Å². The minimum absolute atomic E-state index is 0.118. The van der Waals surface area contributed by atoms with Gasteiger partial charge in [-0.3, -0.25) is 4.68 Å². The quantitative estimate of drug-likeness (QED) is 0.888. The molecule has 0 amide bonds. The molecule has 1 atom stereocenters. The Bertz CT molecular complexity index is 527. The molecular weight excluding hydrogens is 240 g/mol. The summed E-state index contributed by atoms with van der Waals surface area (Å²) >= 11 is 6.16. The number of aromatic nitrogens is 5. The molecule has 92 valence electrons. The Morgan fingerprint density at radius 3 is 2.71 bits per heavy atom. The molecule has 7 heteroatoms. The monoisotopic (exact) mass is 254 g/mol. The summed E-state index contributed by atoms with van der Waals surface area (Å²) in [4.78, 5) is 0. The zero-order valence-corrected chi connectivity index (χ0v) is 10.8. The van der Waals surface area contributed by atoms with Crippen LogP contribution in [0, 0.1) is 6.92 Å². The van der Waals surface area contributed by atoms with E-state index in [2.05, 4.69) is 15.4 Å². The van der Waals surface area contributed by atoms with Gasteiger partial charge in [0.2, 0.25) is 0 Å². The van der Waals surface area contributed by atoms with Crippen LogP contribution in [0.25, 0.3) is 0 Å². The Morgan fingerprint density at radius 2 is 2.24 bits per heavy atom. The van der Waals surface area contributed by atoms with Crippen molar-refractivity contribution in [3.8, 4) is 0 Å². The molecule has 0 aliphatic rings. The van der Waals surface area contributed by atoms with E-state index < -0.39 is 0 Å². The summed E-state index contributed by atoms with van der Waals surface area (Å²) in [6.45, 7) is 4.28. The van der Waals surface area contributed by atoms with E-state index in [1.54, 1.807) is 9.36 Å². The van der Waals surface area contributed by atoms with Gasteiger partial charge in [0, 0.05) is 13.1 Å². The molecule has 0 bridgehead atoms. The van der Waals surface area contributed by atoms with E-state index in [0.717, 1.165) is 17.1 Å². The summed E-state index contributed by atoms with van der Waals surface area (Å²) in [6.07, 6.45) is 1.82. The van der Waals surface area contributed by atoms with Crippen molar-refractivity contribution in [1.29, 1.82) is 0 Å². The number of hydrogen-bond acceptors (Lipinski definition) is 4. The predicted molar refractivity (Wildman–Crippen MR) is 64.7 cm³/mol. The Labute approximate surface area is 104 Å². The third kappa shape index (κ3) is 2.32. The molecule has 0 spiro atoms. The lowest BCUT2D eigenvalue weighted by Crippen LogP contribution is -2.07. The lowest BCUT2D eigenvalue weighted by molar-refractivity contribution is 0.599. The molecule has 2 N–H and O–H groups in total. The summed E-state index contributed by atoms with van der Waals surface area (Å²) < 4.78 is 3.46. The highest BCUT2D eigenvalue weighted by atomic mass is 35.5. The first kappa shape index (κ1) is 12.1. The smallest absolute Gasteiger partial charge is 0.0991 e. The van der Waals surface area contributed by atoms with Crippen LogP contribution < -0.4 is 5.73 Å². The Kier molecular flexibility index (Phi) is 3.17. The maximum Gasteiger partial charge on any atom is 0.0991 e. The first-order valence-corrected chi connectivity index (χ1v) is 5.70. The average Bonchev–Trinajstić information content (AvgIpc) is 2.80. The highest BCUT2D eigenvalue weighted by Gasteiger charge is 2.13. The maximum atomic E-state index is 6.16. The summed E-state index contributed by atoms with van der Waals surface area (Å²) in [5.74, 6) is 0. The fraction of sp³-hybridized carbons (Fsp3) is 0.500. The van der Waals surface area contributed by atoms with Crippen molar-refractivity contribution in [3.05, 3.63) is 28.3 Å². The standard InChI is InChI=1S/C10H15ClN6/c1-6(12)8-4-17(15-13-8)5-9-10(11)7(2)14-16(9)3/h4,6H,5,12H2,1-3H3. The minimum Gasteiger partial charge on any atom is -0.323 e. The van der Waals surface area contributed by atoms with Crippen molar-refractivity contribution in [3.63, 3.8) is 0 Å². The maximum absolute atomic E-state index is 6.16. The van der Waals surface area contributed by atoms with Gasteiger partial charge in [-0.05, 0) is 13.8 Å². The molecule has 0 saturated heterocycles. The number of rotatable bonds is 3. The van der Waals surface area contributed by atoms with Crippen molar-refractivity contribution in [2.45, 2.75) is 26.4 Å². The van der Waals surface area contributed by atoms with Gasteiger partial charge < -0.3 is 5.73 Å². The molecule has 0 aromatic carbocycles. The Balaban J connectivity index is 2.25. The SMILES string of the molecule is Cc1nn(C)c(Cn2cc(C(C)N)nn2)c1Cl. The van der Waals surface area contributed by atoms with Crippen molar-refractivity contribution in [2.75, 3.05) is 0 Å². The van der Waals surface area contributed by atoms with Crippen LogP contribution >= 0.6 is 11.6 Å². The van der Waals surface area contributed by atoms with Crippen molar-refractivity contribution in [2.24, 2.45) is 12.8 Å². The molecule has 2 aromatic rings. The van der Waals surface area contributed by atoms with E-state index in [1.807, 2.05) is 27.1 Å². The fourth-order valence-corrected chi connectivity index (χ4v) is 1.82. The molecule has 0 aliphatic heterocycles. The van der Waals surface area contributed by atoms with E-state index in [0.29, 0.717) is 11.6 Å². The first-order valence-electron chi connectivity index (χ1n) is 5.32. The molecule has 17 heavy (non-hydrogen) atoms. The summed E-state index contributed by atoms with van der Waals surface area (Å²) in [7, 11) is 1.86. The molecule has 0 fully saturated rings. The Hall–Kier alpha value is -1.40. The van der Waals surface area contributed by atoms with Gasteiger partial charge >= 0.3 is 0 Å². The minimum atomic E-state index is -0.118. The van der Waals surface area contributed by atoms with Gasteiger partial charge in [-0.1, -0.05) is 16.8 Å². The van der Waals surface area contributed by atoms with Crippen molar-refractivity contribution in [1.82, 2.24) is 24.8 Å².